The van der Waals surface area contributed by atoms with Crippen LogP contribution in [0, 0.1) is 18.8 Å². The molecule has 0 fully saturated rings. The van der Waals surface area contributed by atoms with Crippen molar-refractivity contribution in [3.63, 3.8) is 0 Å². The quantitative estimate of drug-likeness (QED) is 0.853. The number of hydrogen-bond acceptors (Lipinski definition) is 3. The van der Waals surface area contributed by atoms with E-state index in [0.717, 1.165) is 11.1 Å². The molecule has 2 N–H and O–H groups in total. The van der Waals surface area contributed by atoms with Crippen LogP contribution in [0.3, 0.4) is 0 Å². The summed E-state index contributed by atoms with van der Waals surface area (Å²) in [5.41, 5.74) is 2.97. The minimum absolute atomic E-state index is 0.0338. The van der Waals surface area contributed by atoms with E-state index >= 15 is 0 Å². The number of benzene rings is 1. The van der Waals surface area contributed by atoms with Crippen LogP contribution in [0.5, 0.6) is 0 Å². The molecule has 0 aliphatic heterocycles. The third kappa shape index (κ3) is 4.45. The molecule has 0 saturated carbocycles. The number of thiophene rings is 1. The minimum Gasteiger partial charge on any atom is -0.395 e. The Morgan fingerprint density at radius 1 is 1.38 bits per heavy atom. The third-order valence-corrected chi connectivity index (χ3v) is 3.78. The first kappa shape index (κ1) is 15.3. The molecule has 1 amide bonds. The van der Waals surface area contributed by atoms with Crippen molar-refractivity contribution in [2.24, 2.45) is 0 Å². The van der Waals surface area contributed by atoms with Crippen LogP contribution in [0.2, 0.25) is 0 Å². The monoisotopic (exact) mass is 299 g/mol. The Balaban J connectivity index is 2.01. The highest BCUT2D eigenvalue weighted by molar-refractivity contribution is 7.12. The molecule has 4 heteroatoms. The van der Waals surface area contributed by atoms with Gasteiger partial charge in [0, 0.05) is 18.5 Å². The fourth-order valence-corrected chi connectivity index (χ4v) is 2.65. The molecule has 0 atom stereocenters. The highest BCUT2D eigenvalue weighted by atomic mass is 32.1. The standard InChI is InChI=1S/C17H17NO2S/c1-13-5-4-6-14(11-13)12-18-17(20)16-15(8-10-21-16)7-2-3-9-19/h4-6,8,10-11,19H,3,9,12H2,1H3,(H,18,20). The Morgan fingerprint density at radius 2 is 2.24 bits per heavy atom. The SMILES string of the molecule is Cc1cccc(CNC(=O)c2sccc2C#CCCO)c1. The molecule has 1 aromatic carbocycles. The number of nitrogens with one attached hydrogen (secondary N) is 1. The topological polar surface area (TPSA) is 49.3 Å². The van der Waals surface area contributed by atoms with Crippen LogP contribution in [-0.2, 0) is 6.54 Å². The van der Waals surface area contributed by atoms with Gasteiger partial charge in [0.15, 0.2) is 0 Å². The van der Waals surface area contributed by atoms with Gasteiger partial charge in [0.2, 0.25) is 0 Å². The zero-order valence-electron chi connectivity index (χ0n) is 11.8. The van der Waals surface area contributed by atoms with Crippen molar-refractivity contribution in [3.05, 3.63) is 57.3 Å². The van der Waals surface area contributed by atoms with Gasteiger partial charge in [0.05, 0.1) is 6.61 Å². The molecule has 2 aromatic rings. The third-order valence-electron chi connectivity index (χ3n) is 2.87. The maximum atomic E-state index is 12.2. The fraction of sp³-hybridized carbons (Fsp3) is 0.235. The smallest absolute Gasteiger partial charge is 0.262 e. The summed E-state index contributed by atoms with van der Waals surface area (Å²) in [7, 11) is 0. The highest BCUT2D eigenvalue weighted by Gasteiger charge is 2.11. The fourth-order valence-electron chi connectivity index (χ4n) is 1.88. The molecule has 1 heterocycles. The molecule has 2 rings (SSSR count). The van der Waals surface area contributed by atoms with Gasteiger partial charge in [-0.2, -0.15) is 0 Å². The Hall–Kier alpha value is -2.09. The number of carbonyl (C=O) groups is 1. The summed E-state index contributed by atoms with van der Waals surface area (Å²) in [6.07, 6.45) is 0.417. The van der Waals surface area contributed by atoms with Crippen molar-refractivity contribution >= 4 is 17.2 Å². The molecule has 0 aliphatic rings. The van der Waals surface area contributed by atoms with E-state index in [1.807, 2.05) is 36.6 Å². The van der Waals surface area contributed by atoms with Crippen molar-refractivity contribution in [2.45, 2.75) is 19.9 Å². The van der Waals surface area contributed by atoms with E-state index in [-0.39, 0.29) is 12.5 Å². The molecule has 0 aliphatic carbocycles. The summed E-state index contributed by atoms with van der Waals surface area (Å²) in [6.45, 7) is 2.56. The van der Waals surface area contributed by atoms with Crippen molar-refractivity contribution < 1.29 is 9.90 Å². The van der Waals surface area contributed by atoms with Gasteiger partial charge >= 0.3 is 0 Å². The zero-order chi connectivity index (χ0) is 15.1. The summed E-state index contributed by atoms with van der Waals surface area (Å²) in [6, 6.07) is 9.88. The second kappa shape index (κ2) is 7.63. The van der Waals surface area contributed by atoms with E-state index in [0.29, 0.717) is 17.8 Å². The van der Waals surface area contributed by atoms with E-state index < -0.39 is 0 Å². The van der Waals surface area contributed by atoms with Crippen LogP contribution >= 0.6 is 11.3 Å². The number of aliphatic hydroxyl groups is 1. The molecule has 0 radical (unpaired) electrons. The van der Waals surface area contributed by atoms with E-state index in [4.69, 9.17) is 5.11 Å². The summed E-state index contributed by atoms with van der Waals surface area (Å²) in [5.74, 6) is 5.65. The normalized spacial score (nSPS) is 9.81. The molecule has 0 spiro atoms. The maximum absolute atomic E-state index is 12.2. The van der Waals surface area contributed by atoms with Crippen LogP contribution in [0.1, 0.15) is 32.8 Å². The average molecular weight is 299 g/mol. The van der Waals surface area contributed by atoms with Crippen molar-refractivity contribution in [1.29, 1.82) is 0 Å². The lowest BCUT2D eigenvalue weighted by molar-refractivity contribution is 0.0955. The number of aryl methyl sites for hydroxylation is 1. The molecule has 21 heavy (non-hydrogen) atoms. The Labute approximate surface area is 128 Å². The van der Waals surface area contributed by atoms with Gasteiger partial charge < -0.3 is 10.4 Å². The summed E-state index contributed by atoms with van der Waals surface area (Å²) in [4.78, 5) is 12.8. The van der Waals surface area contributed by atoms with Crippen LogP contribution in [0.4, 0.5) is 0 Å². The molecule has 1 aromatic heterocycles. The van der Waals surface area contributed by atoms with Crippen LogP contribution in [-0.4, -0.2) is 17.6 Å². The highest BCUT2D eigenvalue weighted by Crippen LogP contribution is 2.16. The first-order valence-electron chi connectivity index (χ1n) is 6.71. The predicted molar refractivity (Wildman–Crippen MR) is 85.2 cm³/mol. The molecular formula is C17H17NO2S. The average Bonchev–Trinajstić information content (AvgIpc) is 2.94. The van der Waals surface area contributed by atoms with E-state index in [1.54, 1.807) is 0 Å². The van der Waals surface area contributed by atoms with Crippen molar-refractivity contribution in [3.8, 4) is 11.8 Å². The predicted octanol–water partition coefficient (Wildman–Crippen LogP) is 2.72. The number of carbonyl (C=O) groups excluding carboxylic acids is 1. The Morgan fingerprint density at radius 3 is 3.00 bits per heavy atom. The molecule has 3 nitrogen and oxygen atoms in total. The van der Waals surface area contributed by atoms with Gasteiger partial charge in [-0.05, 0) is 23.9 Å². The summed E-state index contributed by atoms with van der Waals surface area (Å²) >= 11 is 1.38. The van der Waals surface area contributed by atoms with E-state index in [9.17, 15) is 4.79 Å². The van der Waals surface area contributed by atoms with Crippen LogP contribution in [0.25, 0.3) is 0 Å². The second-order valence-corrected chi connectivity index (χ2v) is 5.53. The molecular weight excluding hydrogens is 282 g/mol. The van der Waals surface area contributed by atoms with E-state index in [2.05, 4.69) is 23.2 Å². The van der Waals surface area contributed by atoms with E-state index in [1.165, 1.54) is 16.9 Å². The number of rotatable bonds is 4. The van der Waals surface area contributed by atoms with Crippen molar-refractivity contribution in [1.82, 2.24) is 5.32 Å². The van der Waals surface area contributed by atoms with Crippen molar-refractivity contribution in [2.75, 3.05) is 6.61 Å². The lowest BCUT2D eigenvalue weighted by Gasteiger charge is -2.05. The Kier molecular flexibility index (Phi) is 5.56. The van der Waals surface area contributed by atoms with Gasteiger partial charge in [-0.3, -0.25) is 4.79 Å². The molecule has 0 saturated heterocycles. The first-order chi connectivity index (χ1) is 10.2. The number of hydrogen-bond donors (Lipinski definition) is 2. The lowest BCUT2D eigenvalue weighted by Crippen LogP contribution is -2.22. The first-order valence-corrected chi connectivity index (χ1v) is 7.59. The van der Waals surface area contributed by atoms with Gasteiger partial charge in [-0.25, -0.2) is 0 Å². The number of aliphatic hydroxyl groups excluding tert-OH is 1. The Bertz CT molecular complexity index is 679. The van der Waals surface area contributed by atoms with Crippen LogP contribution < -0.4 is 5.32 Å². The van der Waals surface area contributed by atoms with Gasteiger partial charge in [-0.15, -0.1) is 11.3 Å². The second-order valence-electron chi connectivity index (χ2n) is 4.61. The van der Waals surface area contributed by atoms with Gasteiger partial charge in [0.25, 0.3) is 5.91 Å². The molecule has 0 unspecified atom stereocenters. The van der Waals surface area contributed by atoms with Gasteiger partial charge in [0.1, 0.15) is 4.88 Å². The largest absolute Gasteiger partial charge is 0.395 e. The minimum atomic E-state index is -0.111. The lowest BCUT2D eigenvalue weighted by atomic mass is 10.1. The van der Waals surface area contributed by atoms with Gasteiger partial charge in [-0.1, -0.05) is 41.7 Å². The molecule has 0 bridgehead atoms. The summed E-state index contributed by atoms with van der Waals surface area (Å²) < 4.78 is 0. The zero-order valence-corrected chi connectivity index (χ0v) is 12.7. The maximum Gasteiger partial charge on any atom is 0.262 e. The number of amides is 1. The van der Waals surface area contributed by atoms with Crippen LogP contribution in [0.15, 0.2) is 35.7 Å². The summed E-state index contributed by atoms with van der Waals surface area (Å²) in [5, 5.41) is 13.5. The molecule has 108 valence electrons.